The summed E-state index contributed by atoms with van der Waals surface area (Å²) < 4.78 is 5.55. The average molecular weight is 608 g/mol. The van der Waals surface area contributed by atoms with Crippen LogP contribution in [0.2, 0.25) is 0 Å². The first-order valence-electron chi connectivity index (χ1n) is 14.6. The molecule has 5 N–H and O–H groups in total. The standard InChI is InChI=1S/C31H41N7O4S/c1-7-23(39)19(5)34-27(32)25-28(40)36-43-29(25)35-22-12-10-11-21(15-22)30(41)38-16-18(4)24(20(38)6)26(33-17(2)3)31(42)37-13-8-9-14-37/h10-12,15-17,19,23,35,39H,7-9,13-14H2,1-6H3,(H2,32,34)(H,36,40)/b33-26+. The summed E-state index contributed by atoms with van der Waals surface area (Å²) in [6.07, 6.45) is 3.57. The van der Waals surface area contributed by atoms with Crippen molar-refractivity contribution in [2.75, 3.05) is 18.4 Å². The van der Waals surface area contributed by atoms with Gasteiger partial charge in [0.25, 0.3) is 11.8 Å². The second-order valence-corrected chi connectivity index (χ2v) is 12.0. The molecule has 1 saturated heterocycles. The Morgan fingerprint density at radius 2 is 1.86 bits per heavy atom. The number of carbonyl (C=O) groups is 2. The molecule has 0 saturated carbocycles. The largest absolute Gasteiger partial charge is 0.492 e. The summed E-state index contributed by atoms with van der Waals surface area (Å²) in [6, 6.07) is 6.43. The lowest BCUT2D eigenvalue weighted by Gasteiger charge is -2.20. The molecule has 1 aliphatic heterocycles. The molecular formula is C31H41N7O4S. The molecule has 1 aromatic carbocycles. The van der Waals surface area contributed by atoms with Gasteiger partial charge in [0.05, 0.1) is 12.1 Å². The Morgan fingerprint density at radius 1 is 1.16 bits per heavy atom. The van der Waals surface area contributed by atoms with Gasteiger partial charge in [-0.3, -0.25) is 24.6 Å². The first kappa shape index (κ1) is 31.9. The number of hydrogen-bond acceptors (Lipinski definition) is 9. The van der Waals surface area contributed by atoms with Gasteiger partial charge < -0.3 is 25.7 Å². The molecule has 12 heteroatoms. The maximum absolute atomic E-state index is 13.8. The Morgan fingerprint density at radius 3 is 2.51 bits per heavy atom. The molecule has 2 unspecified atom stereocenters. The second kappa shape index (κ2) is 13.5. The number of aliphatic hydroxyl groups is 1. The third-order valence-corrected chi connectivity index (χ3v) is 8.29. The van der Waals surface area contributed by atoms with E-state index < -0.39 is 12.1 Å². The molecule has 0 radical (unpaired) electrons. The quantitative estimate of drug-likeness (QED) is 0.167. The Bertz CT molecular complexity index is 1530. The molecular weight excluding hydrogens is 566 g/mol. The molecule has 2 aromatic heterocycles. The van der Waals surface area contributed by atoms with Crippen molar-refractivity contribution in [3.8, 4) is 5.88 Å². The summed E-state index contributed by atoms with van der Waals surface area (Å²) in [5.74, 6) is -0.744. The molecule has 3 aromatic rings. The van der Waals surface area contributed by atoms with E-state index in [-0.39, 0.29) is 35.1 Å². The van der Waals surface area contributed by atoms with E-state index in [1.807, 2.05) is 39.5 Å². The van der Waals surface area contributed by atoms with Crippen LogP contribution < -0.4 is 10.6 Å². The molecule has 0 aliphatic carbocycles. The number of aryl methyl sites for hydroxylation is 1. The van der Waals surface area contributed by atoms with Gasteiger partial charge in [0.1, 0.15) is 22.1 Å². The fourth-order valence-corrected chi connectivity index (χ4v) is 5.94. The van der Waals surface area contributed by atoms with Crippen molar-refractivity contribution < 1.29 is 19.8 Å². The predicted molar refractivity (Wildman–Crippen MR) is 170 cm³/mol. The maximum atomic E-state index is 13.8. The number of likely N-dealkylation sites (tertiary alicyclic amines) is 1. The van der Waals surface area contributed by atoms with Crippen LogP contribution in [0, 0.1) is 19.3 Å². The van der Waals surface area contributed by atoms with Gasteiger partial charge in [-0.05, 0) is 89.2 Å². The zero-order valence-electron chi connectivity index (χ0n) is 25.6. The minimum absolute atomic E-state index is 0.0747. The van der Waals surface area contributed by atoms with Gasteiger partial charge in [-0.25, -0.2) is 0 Å². The van der Waals surface area contributed by atoms with Crippen LogP contribution in [0.3, 0.4) is 0 Å². The Labute approximate surface area is 256 Å². The molecule has 0 spiro atoms. The summed E-state index contributed by atoms with van der Waals surface area (Å²) in [5.41, 5.74) is 3.67. The minimum atomic E-state index is -0.652. The number of aromatic hydroxyl groups is 1. The van der Waals surface area contributed by atoms with E-state index in [0.717, 1.165) is 29.9 Å². The third kappa shape index (κ3) is 6.97. The molecule has 4 rings (SSSR count). The molecule has 1 amide bonds. The number of nitrogens with one attached hydrogen (secondary N) is 3. The Hall–Kier alpha value is -4.03. The second-order valence-electron chi connectivity index (χ2n) is 11.2. The van der Waals surface area contributed by atoms with Crippen molar-refractivity contribution in [1.29, 1.82) is 5.41 Å². The van der Waals surface area contributed by atoms with Crippen molar-refractivity contribution in [3.63, 3.8) is 0 Å². The van der Waals surface area contributed by atoms with Crippen molar-refractivity contribution in [3.05, 3.63) is 58.4 Å². The summed E-state index contributed by atoms with van der Waals surface area (Å²) in [5, 5.41) is 35.5. The SMILES string of the molecule is CCC(O)C(C)NC(=N)c1c(O)nsc1Nc1cccc(C(=O)n2cc(C)c(/C(=N\C(C)C)C(=O)N3CCCC3)c2C)c1. The van der Waals surface area contributed by atoms with Gasteiger partial charge in [-0.2, -0.15) is 4.37 Å². The van der Waals surface area contributed by atoms with Crippen LogP contribution in [0.1, 0.15) is 79.7 Å². The first-order chi connectivity index (χ1) is 20.4. The zero-order chi connectivity index (χ0) is 31.4. The van der Waals surface area contributed by atoms with Crippen LogP contribution in [-0.4, -0.2) is 78.7 Å². The van der Waals surface area contributed by atoms with Crippen molar-refractivity contribution in [2.24, 2.45) is 4.99 Å². The van der Waals surface area contributed by atoms with E-state index in [0.29, 0.717) is 52.7 Å². The highest BCUT2D eigenvalue weighted by molar-refractivity contribution is 7.11. The number of carbonyl (C=O) groups excluding carboxylic acids is 2. The summed E-state index contributed by atoms with van der Waals surface area (Å²) >= 11 is 0.986. The van der Waals surface area contributed by atoms with Gasteiger partial charge in [0.2, 0.25) is 5.88 Å². The number of aliphatic hydroxyl groups excluding tert-OH is 1. The topological polar surface area (TPSA) is 156 Å². The number of nitrogens with zero attached hydrogens (tertiary/aromatic N) is 4. The number of amidine groups is 1. The maximum Gasteiger partial charge on any atom is 0.272 e. The van der Waals surface area contributed by atoms with E-state index in [2.05, 4.69) is 15.0 Å². The number of amides is 1. The number of aromatic nitrogens is 2. The van der Waals surface area contributed by atoms with Crippen LogP contribution in [0.5, 0.6) is 5.88 Å². The highest BCUT2D eigenvalue weighted by atomic mass is 32.1. The normalized spacial score (nSPS) is 15.1. The third-order valence-electron chi connectivity index (χ3n) is 7.54. The summed E-state index contributed by atoms with van der Waals surface area (Å²) in [6.45, 7) is 12.6. The van der Waals surface area contributed by atoms with Crippen LogP contribution in [0.4, 0.5) is 10.7 Å². The van der Waals surface area contributed by atoms with Crippen molar-refractivity contribution in [2.45, 2.75) is 79.0 Å². The predicted octanol–water partition coefficient (Wildman–Crippen LogP) is 4.59. The highest BCUT2D eigenvalue weighted by Gasteiger charge is 2.29. The van der Waals surface area contributed by atoms with E-state index in [4.69, 9.17) is 10.4 Å². The molecule has 43 heavy (non-hydrogen) atoms. The monoisotopic (exact) mass is 607 g/mol. The molecule has 1 fully saturated rings. The first-order valence-corrected chi connectivity index (χ1v) is 15.4. The van der Waals surface area contributed by atoms with E-state index in [1.165, 1.54) is 0 Å². The van der Waals surface area contributed by atoms with E-state index in [1.54, 1.807) is 42.0 Å². The Kier molecular flexibility index (Phi) is 10.0. The number of benzene rings is 1. The summed E-state index contributed by atoms with van der Waals surface area (Å²) in [7, 11) is 0. The van der Waals surface area contributed by atoms with Crippen molar-refractivity contribution >= 4 is 45.6 Å². The number of anilines is 2. The van der Waals surface area contributed by atoms with Crippen LogP contribution >= 0.6 is 11.5 Å². The molecule has 3 heterocycles. The zero-order valence-corrected chi connectivity index (χ0v) is 26.4. The molecule has 1 aliphatic rings. The van der Waals surface area contributed by atoms with Crippen molar-refractivity contribution in [1.82, 2.24) is 19.2 Å². The van der Waals surface area contributed by atoms with Gasteiger partial charge in [0.15, 0.2) is 0 Å². The van der Waals surface area contributed by atoms with Gasteiger partial charge in [-0.15, -0.1) is 0 Å². The van der Waals surface area contributed by atoms with Gasteiger partial charge in [0, 0.05) is 47.8 Å². The Balaban J connectivity index is 1.61. The van der Waals surface area contributed by atoms with Gasteiger partial charge >= 0.3 is 0 Å². The minimum Gasteiger partial charge on any atom is -0.492 e. The average Bonchev–Trinajstić information content (AvgIpc) is 3.70. The van der Waals surface area contributed by atoms with E-state index in [9.17, 15) is 19.8 Å². The summed E-state index contributed by atoms with van der Waals surface area (Å²) in [4.78, 5) is 33.8. The van der Waals surface area contributed by atoms with E-state index >= 15 is 0 Å². The molecule has 2 atom stereocenters. The van der Waals surface area contributed by atoms with Crippen LogP contribution in [-0.2, 0) is 4.79 Å². The molecule has 11 nitrogen and oxygen atoms in total. The number of aliphatic imine (C=N–C) groups is 1. The van der Waals surface area contributed by atoms with Crippen LogP contribution in [0.15, 0.2) is 35.5 Å². The van der Waals surface area contributed by atoms with Crippen LogP contribution in [0.25, 0.3) is 0 Å². The fourth-order valence-electron chi connectivity index (χ4n) is 5.23. The lowest BCUT2D eigenvalue weighted by molar-refractivity contribution is -0.123. The fraction of sp³-hybridized carbons (Fsp3) is 0.452. The number of rotatable bonds is 10. The highest BCUT2D eigenvalue weighted by Crippen LogP contribution is 2.33. The molecule has 0 bridgehead atoms. The molecule has 230 valence electrons. The number of hydrogen-bond donors (Lipinski definition) is 5. The lowest BCUT2D eigenvalue weighted by Crippen LogP contribution is -2.40. The smallest absolute Gasteiger partial charge is 0.272 e. The van der Waals surface area contributed by atoms with Gasteiger partial charge in [-0.1, -0.05) is 13.0 Å². The lowest BCUT2D eigenvalue weighted by atomic mass is 10.0.